The van der Waals surface area contributed by atoms with E-state index in [1.807, 2.05) is 0 Å². The highest BCUT2D eigenvalue weighted by Gasteiger charge is 2.12. The van der Waals surface area contributed by atoms with Gasteiger partial charge < -0.3 is 10.1 Å². The normalized spacial score (nSPS) is 15.0. The maximum atomic E-state index is 6.16. The molecule has 0 aliphatic carbocycles. The van der Waals surface area contributed by atoms with Crippen LogP contribution in [0.3, 0.4) is 0 Å². The van der Waals surface area contributed by atoms with Gasteiger partial charge >= 0.3 is 0 Å². The second-order valence-corrected chi connectivity index (χ2v) is 5.77. The Kier molecular flexibility index (Phi) is 11.9. The van der Waals surface area contributed by atoms with Gasteiger partial charge in [0, 0.05) is 12.6 Å². The Bertz CT molecular complexity index is 170. The molecule has 0 rings (SSSR count). The van der Waals surface area contributed by atoms with E-state index in [1.54, 1.807) is 0 Å². The molecule has 0 aliphatic heterocycles. The molecular weight excluding hydrogens is 222 g/mol. The van der Waals surface area contributed by atoms with E-state index >= 15 is 0 Å². The van der Waals surface area contributed by atoms with E-state index in [4.69, 9.17) is 4.74 Å². The molecule has 0 heterocycles. The fourth-order valence-corrected chi connectivity index (χ4v) is 2.16. The summed E-state index contributed by atoms with van der Waals surface area (Å²) in [7, 11) is 0. The van der Waals surface area contributed by atoms with E-state index in [2.05, 4.69) is 39.9 Å². The van der Waals surface area contributed by atoms with Gasteiger partial charge in [0.25, 0.3) is 0 Å². The number of hydrogen-bond acceptors (Lipinski definition) is 2. The minimum Gasteiger partial charge on any atom is -0.374 e. The van der Waals surface area contributed by atoms with Gasteiger partial charge in [-0.25, -0.2) is 0 Å². The summed E-state index contributed by atoms with van der Waals surface area (Å²) in [5.74, 6) is 0. The molecule has 2 heteroatoms. The standard InChI is InChI=1S/C16H35NO/c1-6-8-9-10-12-15(5)18-16(11-7-2)13-17-14(3)4/h14-17H,6-13H2,1-5H3. The van der Waals surface area contributed by atoms with Crippen molar-refractivity contribution < 1.29 is 4.74 Å². The molecule has 0 aromatic rings. The van der Waals surface area contributed by atoms with Gasteiger partial charge in [-0.3, -0.25) is 0 Å². The zero-order chi connectivity index (χ0) is 13.8. The summed E-state index contributed by atoms with van der Waals surface area (Å²) in [6.45, 7) is 12.1. The van der Waals surface area contributed by atoms with Crippen LogP contribution in [0.4, 0.5) is 0 Å². The zero-order valence-electron chi connectivity index (χ0n) is 13.3. The van der Waals surface area contributed by atoms with Crippen molar-refractivity contribution in [2.24, 2.45) is 0 Å². The topological polar surface area (TPSA) is 21.3 Å². The SMILES string of the molecule is CCCCCCC(C)OC(CCC)CNC(C)C. The van der Waals surface area contributed by atoms with E-state index in [0.717, 1.165) is 6.54 Å². The Hall–Kier alpha value is -0.0800. The van der Waals surface area contributed by atoms with Crippen LogP contribution in [0.15, 0.2) is 0 Å². The number of unbranched alkanes of at least 4 members (excludes halogenated alkanes) is 3. The minimum atomic E-state index is 0.388. The fourth-order valence-electron chi connectivity index (χ4n) is 2.16. The summed E-state index contributed by atoms with van der Waals surface area (Å²) < 4.78 is 6.16. The van der Waals surface area contributed by atoms with Crippen molar-refractivity contribution in [1.82, 2.24) is 5.32 Å². The monoisotopic (exact) mass is 257 g/mol. The van der Waals surface area contributed by atoms with Crippen LogP contribution in [0.1, 0.15) is 79.6 Å². The molecule has 2 atom stereocenters. The van der Waals surface area contributed by atoms with Gasteiger partial charge in [-0.05, 0) is 19.8 Å². The molecule has 1 N–H and O–H groups in total. The molecule has 18 heavy (non-hydrogen) atoms. The molecular formula is C16H35NO. The van der Waals surface area contributed by atoms with Crippen molar-refractivity contribution in [2.75, 3.05) is 6.54 Å². The quantitative estimate of drug-likeness (QED) is 0.519. The van der Waals surface area contributed by atoms with Crippen LogP contribution in [0.5, 0.6) is 0 Å². The highest BCUT2D eigenvalue weighted by molar-refractivity contribution is 4.66. The first-order valence-corrected chi connectivity index (χ1v) is 7.98. The Morgan fingerprint density at radius 3 is 2.17 bits per heavy atom. The first kappa shape index (κ1) is 17.9. The van der Waals surface area contributed by atoms with Crippen LogP contribution < -0.4 is 5.32 Å². The van der Waals surface area contributed by atoms with Crippen LogP contribution >= 0.6 is 0 Å². The smallest absolute Gasteiger partial charge is 0.0703 e. The second kappa shape index (κ2) is 12.0. The molecule has 0 spiro atoms. The first-order chi connectivity index (χ1) is 8.60. The van der Waals surface area contributed by atoms with E-state index in [1.165, 1.54) is 44.9 Å². The fraction of sp³-hybridized carbons (Fsp3) is 1.00. The van der Waals surface area contributed by atoms with Gasteiger partial charge in [-0.2, -0.15) is 0 Å². The second-order valence-electron chi connectivity index (χ2n) is 5.77. The van der Waals surface area contributed by atoms with Crippen molar-refractivity contribution in [2.45, 2.75) is 97.8 Å². The molecule has 0 fully saturated rings. The summed E-state index contributed by atoms with van der Waals surface area (Å²) in [6.07, 6.45) is 9.71. The lowest BCUT2D eigenvalue weighted by atomic mass is 10.1. The molecule has 0 aliphatic rings. The Balaban J connectivity index is 3.76. The van der Waals surface area contributed by atoms with Gasteiger partial charge in [0.1, 0.15) is 0 Å². The largest absolute Gasteiger partial charge is 0.374 e. The van der Waals surface area contributed by atoms with Gasteiger partial charge in [-0.1, -0.05) is 59.8 Å². The number of nitrogens with one attached hydrogen (secondary N) is 1. The maximum Gasteiger partial charge on any atom is 0.0703 e. The summed E-state index contributed by atoms with van der Waals surface area (Å²) in [4.78, 5) is 0. The Labute approximate surface area is 115 Å². The van der Waals surface area contributed by atoms with E-state index in [-0.39, 0.29) is 0 Å². The molecule has 0 amide bonds. The summed E-state index contributed by atoms with van der Waals surface area (Å²) >= 11 is 0. The summed E-state index contributed by atoms with van der Waals surface area (Å²) in [6, 6.07) is 0.549. The third-order valence-electron chi connectivity index (χ3n) is 3.25. The van der Waals surface area contributed by atoms with Crippen molar-refractivity contribution in [3.63, 3.8) is 0 Å². The summed E-state index contributed by atoms with van der Waals surface area (Å²) in [5.41, 5.74) is 0. The predicted molar refractivity (Wildman–Crippen MR) is 81.1 cm³/mol. The molecule has 2 unspecified atom stereocenters. The van der Waals surface area contributed by atoms with Gasteiger partial charge in [0.05, 0.1) is 12.2 Å². The van der Waals surface area contributed by atoms with Crippen LogP contribution in [-0.4, -0.2) is 24.8 Å². The van der Waals surface area contributed by atoms with E-state index < -0.39 is 0 Å². The van der Waals surface area contributed by atoms with Crippen molar-refractivity contribution in [1.29, 1.82) is 0 Å². The number of hydrogen-bond donors (Lipinski definition) is 1. The number of rotatable bonds is 12. The lowest BCUT2D eigenvalue weighted by Crippen LogP contribution is -2.35. The van der Waals surface area contributed by atoms with E-state index in [9.17, 15) is 0 Å². The Morgan fingerprint density at radius 2 is 1.61 bits per heavy atom. The van der Waals surface area contributed by atoms with Gasteiger partial charge in [-0.15, -0.1) is 0 Å². The van der Waals surface area contributed by atoms with E-state index in [0.29, 0.717) is 18.2 Å². The molecule has 0 aromatic carbocycles. The molecule has 0 radical (unpaired) electrons. The highest BCUT2D eigenvalue weighted by atomic mass is 16.5. The first-order valence-electron chi connectivity index (χ1n) is 7.98. The molecule has 2 nitrogen and oxygen atoms in total. The minimum absolute atomic E-state index is 0.388. The average molecular weight is 257 g/mol. The molecule has 110 valence electrons. The zero-order valence-corrected chi connectivity index (χ0v) is 13.3. The van der Waals surface area contributed by atoms with Crippen LogP contribution in [0.25, 0.3) is 0 Å². The maximum absolute atomic E-state index is 6.16. The molecule has 0 saturated carbocycles. The highest BCUT2D eigenvalue weighted by Crippen LogP contribution is 2.12. The summed E-state index contributed by atoms with van der Waals surface area (Å²) in [5, 5.41) is 3.49. The lowest BCUT2D eigenvalue weighted by molar-refractivity contribution is -0.0117. The van der Waals surface area contributed by atoms with Crippen molar-refractivity contribution >= 4 is 0 Å². The van der Waals surface area contributed by atoms with Crippen molar-refractivity contribution in [3.8, 4) is 0 Å². The predicted octanol–water partition coefficient (Wildman–Crippen LogP) is 4.53. The third-order valence-corrected chi connectivity index (χ3v) is 3.25. The van der Waals surface area contributed by atoms with Gasteiger partial charge in [0.15, 0.2) is 0 Å². The molecule has 0 bridgehead atoms. The number of ether oxygens (including phenoxy) is 1. The Morgan fingerprint density at radius 1 is 0.889 bits per heavy atom. The third kappa shape index (κ3) is 11.0. The lowest BCUT2D eigenvalue weighted by Gasteiger charge is -2.23. The van der Waals surface area contributed by atoms with Crippen LogP contribution in [-0.2, 0) is 4.74 Å². The average Bonchev–Trinajstić information content (AvgIpc) is 2.32. The van der Waals surface area contributed by atoms with Crippen LogP contribution in [0.2, 0.25) is 0 Å². The van der Waals surface area contributed by atoms with Gasteiger partial charge in [0.2, 0.25) is 0 Å². The molecule has 0 aromatic heterocycles. The molecule has 0 saturated heterocycles. The van der Waals surface area contributed by atoms with Crippen LogP contribution in [0, 0.1) is 0 Å². The van der Waals surface area contributed by atoms with Crippen molar-refractivity contribution in [3.05, 3.63) is 0 Å².